The second-order valence-electron chi connectivity index (χ2n) is 5.92. The molecule has 1 amide bonds. The van der Waals surface area contributed by atoms with Crippen LogP contribution in [0.5, 0.6) is 0 Å². The normalized spacial score (nSPS) is 11.0. The lowest BCUT2D eigenvalue weighted by Gasteiger charge is -2.06. The molecule has 0 fully saturated rings. The summed E-state index contributed by atoms with van der Waals surface area (Å²) in [4.78, 5) is 12.3. The smallest absolute Gasteiger partial charge is 0.253 e. The zero-order valence-corrected chi connectivity index (χ0v) is 15.0. The highest BCUT2D eigenvalue weighted by atomic mass is 35.5. The van der Waals surface area contributed by atoms with Gasteiger partial charge in [-0.05, 0) is 54.6 Å². The number of halogens is 3. The molecule has 0 saturated heterocycles. The van der Waals surface area contributed by atoms with Crippen LogP contribution in [0.15, 0.2) is 54.6 Å². The molecule has 4 rings (SSSR count). The summed E-state index contributed by atoms with van der Waals surface area (Å²) in [7, 11) is 0. The van der Waals surface area contributed by atoms with E-state index in [0.29, 0.717) is 17.2 Å². The number of hydrogen-bond donors (Lipinski definition) is 1. The van der Waals surface area contributed by atoms with Gasteiger partial charge in [0.15, 0.2) is 11.5 Å². The van der Waals surface area contributed by atoms with Gasteiger partial charge in [0.2, 0.25) is 0 Å². The molecule has 4 aromatic rings. The third kappa shape index (κ3) is 3.54. The topological polar surface area (TPSA) is 72.2 Å². The predicted molar refractivity (Wildman–Crippen MR) is 98.8 cm³/mol. The minimum absolute atomic E-state index is 0.0142. The minimum Gasteiger partial charge on any atom is -0.345 e. The summed E-state index contributed by atoms with van der Waals surface area (Å²) in [6, 6.07) is 12.9. The van der Waals surface area contributed by atoms with E-state index in [1.807, 2.05) is 0 Å². The van der Waals surface area contributed by atoms with Gasteiger partial charge in [0, 0.05) is 5.56 Å². The zero-order valence-electron chi connectivity index (χ0n) is 14.2. The fourth-order valence-electron chi connectivity index (χ4n) is 2.65. The summed E-state index contributed by atoms with van der Waals surface area (Å²) in [5, 5.41) is 15.2. The van der Waals surface area contributed by atoms with E-state index in [4.69, 9.17) is 11.6 Å². The third-order valence-corrected chi connectivity index (χ3v) is 4.36. The van der Waals surface area contributed by atoms with Crippen LogP contribution in [0.25, 0.3) is 16.9 Å². The summed E-state index contributed by atoms with van der Waals surface area (Å²) in [6.45, 7) is 0.0353. The lowest BCUT2D eigenvalue weighted by atomic mass is 10.1. The Morgan fingerprint density at radius 3 is 2.50 bits per heavy atom. The van der Waals surface area contributed by atoms with Gasteiger partial charge in [-0.1, -0.05) is 11.6 Å². The number of fused-ring (bicyclic) bond motifs is 1. The molecule has 0 aliphatic rings. The lowest BCUT2D eigenvalue weighted by Crippen LogP contribution is -2.24. The van der Waals surface area contributed by atoms with Crippen molar-refractivity contribution in [3.63, 3.8) is 0 Å². The molecule has 0 unspecified atom stereocenters. The Bertz CT molecular complexity index is 1180. The summed E-state index contributed by atoms with van der Waals surface area (Å²) >= 11 is 5.91. The number of carbonyl (C=O) groups excluding carboxylic acids is 1. The highest BCUT2D eigenvalue weighted by molar-refractivity contribution is 6.33. The monoisotopic (exact) mass is 399 g/mol. The maximum Gasteiger partial charge on any atom is 0.253 e. The van der Waals surface area contributed by atoms with Gasteiger partial charge in [-0.25, -0.2) is 8.78 Å². The van der Waals surface area contributed by atoms with E-state index in [1.54, 1.807) is 24.3 Å². The second-order valence-corrected chi connectivity index (χ2v) is 6.33. The van der Waals surface area contributed by atoms with Crippen LogP contribution in [0, 0.1) is 11.6 Å². The highest BCUT2D eigenvalue weighted by Crippen LogP contribution is 2.19. The van der Waals surface area contributed by atoms with Crippen LogP contribution in [0.2, 0.25) is 5.02 Å². The number of hydrogen-bond acceptors (Lipinski definition) is 4. The van der Waals surface area contributed by atoms with E-state index in [2.05, 4.69) is 20.6 Å². The van der Waals surface area contributed by atoms with E-state index in [-0.39, 0.29) is 22.9 Å². The number of nitrogens with one attached hydrogen (secondary N) is 1. The van der Waals surface area contributed by atoms with Crippen molar-refractivity contribution in [2.75, 3.05) is 0 Å². The molecule has 0 saturated carbocycles. The Morgan fingerprint density at radius 1 is 1.00 bits per heavy atom. The molecule has 9 heteroatoms. The summed E-state index contributed by atoms with van der Waals surface area (Å²) in [6.07, 6.45) is 0. The van der Waals surface area contributed by atoms with Gasteiger partial charge in [-0.2, -0.15) is 9.61 Å². The Labute approximate surface area is 162 Å². The first-order chi connectivity index (χ1) is 13.5. The molecule has 2 aromatic carbocycles. The summed E-state index contributed by atoms with van der Waals surface area (Å²) in [5.74, 6) is -0.943. The molecule has 2 heterocycles. The fraction of sp³-hybridized carbons (Fsp3) is 0.0526. The predicted octanol–water partition coefficient (Wildman–Crippen LogP) is 3.65. The Kier molecular flexibility index (Phi) is 4.70. The van der Waals surface area contributed by atoms with Crippen molar-refractivity contribution in [2.24, 2.45) is 0 Å². The van der Waals surface area contributed by atoms with Crippen molar-refractivity contribution in [3.05, 3.63) is 82.6 Å². The van der Waals surface area contributed by atoms with E-state index < -0.39 is 11.7 Å². The van der Waals surface area contributed by atoms with Crippen molar-refractivity contribution in [1.29, 1.82) is 0 Å². The SMILES string of the molecule is O=C(NCc1nnc2ccc(-c3ccc(F)cc3)nn12)c1ccc(F)cc1Cl. The molecule has 2 aromatic heterocycles. The van der Waals surface area contributed by atoms with Crippen molar-refractivity contribution in [2.45, 2.75) is 6.54 Å². The van der Waals surface area contributed by atoms with Crippen LogP contribution in [-0.2, 0) is 6.54 Å². The van der Waals surface area contributed by atoms with Gasteiger partial charge in [0.1, 0.15) is 11.6 Å². The van der Waals surface area contributed by atoms with Crippen LogP contribution in [-0.4, -0.2) is 25.7 Å². The average molecular weight is 400 g/mol. The van der Waals surface area contributed by atoms with E-state index in [1.165, 1.54) is 22.7 Å². The minimum atomic E-state index is -0.525. The van der Waals surface area contributed by atoms with E-state index >= 15 is 0 Å². The van der Waals surface area contributed by atoms with Gasteiger partial charge >= 0.3 is 0 Å². The first-order valence-corrected chi connectivity index (χ1v) is 8.59. The van der Waals surface area contributed by atoms with Gasteiger partial charge < -0.3 is 5.32 Å². The van der Waals surface area contributed by atoms with Crippen molar-refractivity contribution in [3.8, 4) is 11.3 Å². The number of carbonyl (C=O) groups is 1. The summed E-state index contributed by atoms with van der Waals surface area (Å²) < 4.78 is 27.7. The fourth-order valence-corrected chi connectivity index (χ4v) is 2.90. The Morgan fingerprint density at radius 2 is 1.75 bits per heavy atom. The Balaban J connectivity index is 1.58. The van der Waals surface area contributed by atoms with Gasteiger partial charge in [-0.3, -0.25) is 4.79 Å². The number of nitrogens with zero attached hydrogens (tertiary/aromatic N) is 4. The Hall–Kier alpha value is -3.39. The molecule has 0 spiro atoms. The van der Waals surface area contributed by atoms with Crippen LogP contribution in [0.1, 0.15) is 16.2 Å². The van der Waals surface area contributed by atoms with E-state index in [0.717, 1.165) is 17.7 Å². The first-order valence-electron chi connectivity index (χ1n) is 8.22. The van der Waals surface area contributed by atoms with E-state index in [9.17, 15) is 13.6 Å². The molecule has 1 N–H and O–H groups in total. The first kappa shape index (κ1) is 18.0. The highest BCUT2D eigenvalue weighted by Gasteiger charge is 2.14. The molecule has 28 heavy (non-hydrogen) atoms. The van der Waals surface area contributed by atoms with Gasteiger partial charge in [0.25, 0.3) is 5.91 Å². The number of aromatic nitrogens is 4. The zero-order chi connectivity index (χ0) is 19.7. The van der Waals surface area contributed by atoms with Gasteiger partial charge in [0.05, 0.1) is 22.8 Å². The summed E-state index contributed by atoms with van der Waals surface area (Å²) in [5.41, 5.74) is 1.97. The van der Waals surface area contributed by atoms with Crippen molar-refractivity contribution in [1.82, 2.24) is 25.1 Å². The largest absolute Gasteiger partial charge is 0.345 e. The third-order valence-electron chi connectivity index (χ3n) is 4.05. The quantitative estimate of drug-likeness (QED) is 0.568. The van der Waals surface area contributed by atoms with Crippen LogP contribution in [0.4, 0.5) is 8.78 Å². The molecular formula is C19H12ClF2N5O. The molecular weight excluding hydrogens is 388 g/mol. The molecule has 0 radical (unpaired) electrons. The number of benzene rings is 2. The molecule has 140 valence electrons. The molecule has 0 bridgehead atoms. The number of rotatable bonds is 4. The molecule has 0 aliphatic carbocycles. The molecule has 6 nitrogen and oxygen atoms in total. The van der Waals surface area contributed by atoms with Crippen LogP contribution < -0.4 is 5.32 Å². The van der Waals surface area contributed by atoms with Gasteiger partial charge in [-0.15, -0.1) is 10.2 Å². The number of amides is 1. The van der Waals surface area contributed by atoms with Crippen molar-refractivity contribution >= 4 is 23.2 Å². The maximum atomic E-state index is 13.1. The van der Waals surface area contributed by atoms with Crippen LogP contribution in [0.3, 0.4) is 0 Å². The van der Waals surface area contributed by atoms with Crippen molar-refractivity contribution < 1.29 is 13.6 Å². The standard InChI is InChI=1S/C19H12ClF2N5O/c20-15-9-13(22)5-6-14(15)19(28)23-10-18-25-24-17-8-7-16(26-27(17)18)11-1-3-12(21)4-2-11/h1-9H,10H2,(H,23,28). The maximum absolute atomic E-state index is 13.1. The second kappa shape index (κ2) is 7.32. The molecule has 0 aliphatic heterocycles. The van der Waals surface area contributed by atoms with Crippen LogP contribution >= 0.6 is 11.6 Å². The average Bonchev–Trinajstić information content (AvgIpc) is 3.09. The molecule has 0 atom stereocenters. The lowest BCUT2D eigenvalue weighted by molar-refractivity contribution is 0.0950.